The molecule has 0 aromatic heterocycles. The molecule has 182 valence electrons. The minimum absolute atomic E-state index is 0.00166. The summed E-state index contributed by atoms with van der Waals surface area (Å²) in [5.41, 5.74) is 1.07. The first-order valence-corrected chi connectivity index (χ1v) is 11.1. The largest absolute Gasteiger partial charge is 0.472 e. The molecule has 2 rings (SSSR count). The quantitative estimate of drug-likeness (QED) is 0.169. The third kappa shape index (κ3) is 8.31. The molecule has 1 aliphatic rings. The summed E-state index contributed by atoms with van der Waals surface area (Å²) in [6.07, 6.45) is 0.0273. The molecule has 0 aliphatic carbocycles. The lowest BCUT2D eigenvalue weighted by Crippen LogP contribution is -2.48. The lowest BCUT2D eigenvalue weighted by atomic mass is 10.0. The molecule has 0 N–H and O–H groups in total. The molecule has 33 heavy (non-hydrogen) atoms. The standard InChI is InChI=1S/C25H35NO7/c1-6-21(12-13-30-15-20-10-8-7-9-11-20)33-23(14-19(4)32-17-29-5)24(27)26-22(18(2)3)16-31-25(26)28/h6-11,18,21-23H,1,4,12-17H2,2-3,5H3/t21-,22-,23-/m1/s1. The fourth-order valence-corrected chi connectivity index (χ4v) is 3.35. The van der Waals surface area contributed by atoms with Crippen LogP contribution in [0.25, 0.3) is 0 Å². The highest BCUT2D eigenvalue weighted by molar-refractivity contribution is 5.96. The zero-order valence-electron chi connectivity index (χ0n) is 19.7. The van der Waals surface area contributed by atoms with Gasteiger partial charge in [0.15, 0.2) is 6.79 Å². The summed E-state index contributed by atoms with van der Waals surface area (Å²) >= 11 is 0. The van der Waals surface area contributed by atoms with Gasteiger partial charge in [0, 0.05) is 26.6 Å². The second-order valence-corrected chi connectivity index (χ2v) is 8.12. The van der Waals surface area contributed by atoms with Crippen LogP contribution in [0.4, 0.5) is 4.79 Å². The molecule has 1 aliphatic heterocycles. The van der Waals surface area contributed by atoms with Gasteiger partial charge in [-0.1, -0.05) is 56.8 Å². The van der Waals surface area contributed by atoms with E-state index < -0.39 is 24.2 Å². The third-order valence-corrected chi connectivity index (χ3v) is 5.24. The first-order chi connectivity index (χ1) is 15.9. The number of benzene rings is 1. The molecule has 1 saturated heterocycles. The second-order valence-electron chi connectivity index (χ2n) is 8.12. The second kappa shape index (κ2) is 13.8. The Labute approximate surface area is 196 Å². The summed E-state index contributed by atoms with van der Waals surface area (Å²) in [6.45, 7) is 12.6. The molecule has 1 aromatic rings. The predicted octanol–water partition coefficient (Wildman–Crippen LogP) is 4.06. The van der Waals surface area contributed by atoms with Crippen LogP contribution in [0.3, 0.4) is 0 Å². The lowest BCUT2D eigenvalue weighted by molar-refractivity contribution is -0.146. The predicted molar refractivity (Wildman–Crippen MR) is 123 cm³/mol. The van der Waals surface area contributed by atoms with E-state index in [1.165, 1.54) is 7.11 Å². The maximum atomic E-state index is 13.4. The highest BCUT2D eigenvalue weighted by Crippen LogP contribution is 2.24. The van der Waals surface area contributed by atoms with Gasteiger partial charge in [0.25, 0.3) is 5.91 Å². The summed E-state index contributed by atoms with van der Waals surface area (Å²) in [4.78, 5) is 26.8. The monoisotopic (exact) mass is 461 g/mol. The summed E-state index contributed by atoms with van der Waals surface area (Å²) in [5, 5.41) is 0. The van der Waals surface area contributed by atoms with E-state index in [2.05, 4.69) is 13.2 Å². The number of nitrogens with zero attached hydrogens (tertiary/aromatic N) is 1. The minimum Gasteiger partial charge on any atom is -0.472 e. The molecule has 3 atom stereocenters. The average Bonchev–Trinajstić information content (AvgIpc) is 3.20. The molecule has 2 amide bonds. The molecule has 0 radical (unpaired) electrons. The van der Waals surface area contributed by atoms with E-state index in [9.17, 15) is 9.59 Å². The molecule has 0 bridgehead atoms. The Kier molecular flexibility index (Phi) is 11.1. The number of cyclic esters (lactones) is 1. The van der Waals surface area contributed by atoms with Gasteiger partial charge >= 0.3 is 6.09 Å². The van der Waals surface area contributed by atoms with Crippen molar-refractivity contribution in [1.82, 2.24) is 4.90 Å². The van der Waals surface area contributed by atoms with Crippen molar-refractivity contribution in [1.29, 1.82) is 0 Å². The Bertz CT molecular complexity index is 780. The Hall–Kier alpha value is -2.68. The smallest absolute Gasteiger partial charge is 0.417 e. The molecule has 1 aromatic carbocycles. The van der Waals surface area contributed by atoms with E-state index >= 15 is 0 Å². The Morgan fingerprint density at radius 1 is 1.30 bits per heavy atom. The van der Waals surface area contributed by atoms with Gasteiger partial charge < -0.3 is 23.7 Å². The summed E-state index contributed by atoms with van der Waals surface area (Å²) in [7, 11) is 1.49. The van der Waals surface area contributed by atoms with Gasteiger partial charge in [-0.05, 0) is 11.5 Å². The summed E-state index contributed by atoms with van der Waals surface area (Å²) in [6, 6.07) is 9.48. The molecule has 0 saturated carbocycles. The Morgan fingerprint density at radius 3 is 2.67 bits per heavy atom. The first kappa shape index (κ1) is 26.6. The molecular formula is C25H35NO7. The van der Waals surface area contributed by atoms with Crippen molar-refractivity contribution in [3.8, 4) is 0 Å². The molecule has 1 heterocycles. The van der Waals surface area contributed by atoms with Gasteiger partial charge in [-0.25, -0.2) is 9.69 Å². The normalized spacial score (nSPS) is 17.5. The fourth-order valence-electron chi connectivity index (χ4n) is 3.35. The molecule has 8 heteroatoms. The topological polar surface area (TPSA) is 83.5 Å². The maximum Gasteiger partial charge on any atom is 0.417 e. The van der Waals surface area contributed by atoms with Crippen LogP contribution in [-0.4, -0.2) is 62.3 Å². The van der Waals surface area contributed by atoms with Crippen LogP contribution in [0.15, 0.2) is 55.3 Å². The molecule has 0 unspecified atom stereocenters. The number of imide groups is 1. The van der Waals surface area contributed by atoms with Crippen molar-refractivity contribution >= 4 is 12.0 Å². The zero-order chi connectivity index (χ0) is 24.2. The highest BCUT2D eigenvalue weighted by atomic mass is 16.7. The molecule has 1 fully saturated rings. The maximum absolute atomic E-state index is 13.4. The first-order valence-electron chi connectivity index (χ1n) is 11.1. The minimum atomic E-state index is -1.00. The summed E-state index contributed by atoms with van der Waals surface area (Å²) < 4.78 is 27.2. The zero-order valence-corrected chi connectivity index (χ0v) is 19.7. The van der Waals surface area contributed by atoms with Crippen LogP contribution in [0.2, 0.25) is 0 Å². The molecule has 0 spiro atoms. The number of hydrogen-bond acceptors (Lipinski definition) is 7. The number of amides is 2. The van der Waals surface area contributed by atoms with E-state index in [-0.39, 0.29) is 31.8 Å². The van der Waals surface area contributed by atoms with Crippen molar-refractivity contribution < 1.29 is 33.3 Å². The van der Waals surface area contributed by atoms with Crippen LogP contribution in [0, 0.1) is 5.92 Å². The molecule has 8 nitrogen and oxygen atoms in total. The van der Waals surface area contributed by atoms with Crippen molar-refractivity contribution in [3.05, 3.63) is 60.9 Å². The van der Waals surface area contributed by atoms with E-state index in [1.54, 1.807) is 6.08 Å². The number of carbonyl (C=O) groups excluding carboxylic acids is 2. The van der Waals surface area contributed by atoms with Gasteiger partial charge in [-0.2, -0.15) is 0 Å². The number of ether oxygens (including phenoxy) is 5. The average molecular weight is 462 g/mol. The van der Waals surface area contributed by atoms with Crippen molar-refractivity contribution in [2.24, 2.45) is 5.92 Å². The fraction of sp³-hybridized carbons (Fsp3) is 0.520. The van der Waals surface area contributed by atoms with Crippen LogP contribution in [0.1, 0.15) is 32.3 Å². The van der Waals surface area contributed by atoms with Gasteiger partial charge in [0.2, 0.25) is 0 Å². The molecular weight excluding hydrogens is 426 g/mol. The van der Waals surface area contributed by atoms with Crippen LogP contribution >= 0.6 is 0 Å². The Balaban J connectivity index is 2.03. The summed E-state index contributed by atoms with van der Waals surface area (Å²) in [5.74, 6) is -0.141. The number of carbonyl (C=O) groups is 2. The Morgan fingerprint density at radius 2 is 2.03 bits per heavy atom. The number of hydrogen-bond donors (Lipinski definition) is 0. The third-order valence-electron chi connectivity index (χ3n) is 5.24. The van der Waals surface area contributed by atoms with Crippen molar-refractivity contribution in [2.75, 3.05) is 27.1 Å². The van der Waals surface area contributed by atoms with Crippen molar-refractivity contribution in [3.63, 3.8) is 0 Å². The highest BCUT2D eigenvalue weighted by Gasteiger charge is 2.43. The van der Waals surface area contributed by atoms with Crippen LogP contribution in [0.5, 0.6) is 0 Å². The van der Waals surface area contributed by atoms with Gasteiger partial charge in [-0.3, -0.25) is 4.79 Å². The van der Waals surface area contributed by atoms with Crippen LogP contribution < -0.4 is 0 Å². The van der Waals surface area contributed by atoms with Gasteiger partial charge in [0.05, 0.1) is 24.5 Å². The van der Waals surface area contributed by atoms with Gasteiger partial charge in [0.1, 0.15) is 12.7 Å². The van der Waals surface area contributed by atoms with E-state index in [1.807, 2.05) is 44.2 Å². The number of methoxy groups -OCH3 is 1. The lowest BCUT2D eigenvalue weighted by Gasteiger charge is -2.29. The van der Waals surface area contributed by atoms with Crippen LogP contribution in [-0.2, 0) is 35.1 Å². The van der Waals surface area contributed by atoms with Gasteiger partial charge in [-0.15, -0.1) is 6.58 Å². The number of rotatable bonds is 15. The van der Waals surface area contributed by atoms with E-state index in [0.29, 0.717) is 25.4 Å². The van der Waals surface area contributed by atoms with Crippen molar-refractivity contribution in [2.45, 2.75) is 51.5 Å². The SMILES string of the molecule is C=C[C@H](CCOCc1ccccc1)O[C@H](CC(=C)OCOC)C(=O)N1C(=O)OC[C@@H]1C(C)C. The van der Waals surface area contributed by atoms with E-state index in [4.69, 9.17) is 23.7 Å². The van der Waals surface area contributed by atoms with E-state index in [0.717, 1.165) is 10.5 Å².